The number of nitrogens with zero attached hydrogens (tertiary/aromatic N) is 1. The number of hydrogen-bond donors (Lipinski definition) is 0. The highest BCUT2D eigenvalue weighted by Gasteiger charge is 2.29. The van der Waals surface area contributed by atoms with Crippen LogP contribution in [0.3, 0.4) is 0 Å². The van der Waals surface area contributed by atoms with E-state index in [1.165, 1.54) is 76.3 Å². The zero-order valence-electron chi connectivity index (χ0n) is 17.1. The Bertz CT molecular complexity index is 760. The van der Waals surface area contributed by atoms with Gasteiger partial charge in [0.1, 0.15) is 11.9 Å². The van der Waals surface area contributed by atoms with E-state index < -0.39 is 5.82 Å². The Hall–Kier alpha value is -2.06. The van der Waals surface area contributed by atoms with Gasteiger partial charge in [-0.2, -0.15) is 5.26 Å². The second-order valence-corrected chi connectivity index (χ2v) is 8.68. The summed E-state index contributed by atoms with van der Waals surface area (Å²) < 4.78 is 13.6. The van der Waals surface area contributed by atoms with Gasteiger partial charge in [0.05, 0.1) is 5.56 Å². The summed E-state index contributed by atoms with van der Waals surface area (Å²) >= 11 is 0. The summed E-state index contributed by atoms with van der Waals surface area (Å²) in [6, 6.07) is 6.35. The minimum absolute atomic E-state index is 0.0664. The van der Waals surface area contributed by atoms with E-state index in [0.717, 1.165) is 17.8 Å². The lowest BCUT2D eigenvalue weighted by atomic mass is 9.69. The lowest BCUT2D eigenvalue weighted by molar-refractivity contribution is 0.152. The van der Waals surface area contributed by atoms with Gasteiger partial charge in [0, 0.05) is 5.56 Å². The van der Waals surface area contributed by atoms with Crippen LogP contribution < -0.4 is 0 Å². The molecule has 1 aromatic carbocycles. The average molecular weight is 378 g/mol. The second kappa shape index (κ2) is 10.5. The molecule has 0 unspecified atom stereocenters. The van der Waals surface area contributed by atoms with E-state index in [-0.39, 0.29) is 5.56 Å². The maximum absolute atomic E-state index is 13.6. The van der Waals surface area contributed by atoms with Crippen LogP contribution in [0.25, 0.3) is 0 Å². The number of nitriles is 1. The summed E-state index contributed by atoms with van der Waals surface area (Å²) in [6.45, 7) is 2.31. The molecule has 0 aromatic heterocycles. The molecular weight excluding hydrogens is 345 g/mol. The standard InChI is InChI=1S/C26H32FN/c1-2-5-20-8-13-23(14-9-20)24-15-10-21(11-16-24)6-3-4-7-22-12-17-25(19-28)26(27)18-22/h3,6,12,17-18,20-21,23-24H,2,5,8-11,13-16H2,1H3/b6-3+. The number of rotatable bonds is 4. The second-order valence-electron chi connectivity index (χ2n) is 8.68. The molecule has 28 heavy (non-hydrogen) atoms. The van der Waals surface area contributed by atoms with Crippen molar-refractivity contribution in [2.75, 3.05) is 0 Å². The summed E-state index contributed by atoms with van der Waals surface area (Å²) in [7, 11) is 0. The molecule has 1 nitrogen and oxygen atoms in total. The van der Waals surface area contributed by atoms with Gasteiger partial charge in [-0.1, -0.05) is 50.5 Å². The summed E-state index contributed by atoms with van der Waals surface area (Å²) in [5, 5.41) is 8.77. The molecule has 148 valence electrons. The van der Waals surface area contributed by atoms with Crippen molar-refractivity contribution >= 4 is 0 Å². The molecule has 2 fully saturated rings. The number of allylic oxidation sites excluding steroid dienone is 2. The molecule has 0 atom stereocenters. The van der Waals surface area contributed by atoms with Crippen molar-refractivity contribution in [1.82, 2.24) is 0 Å². The van der Waals surface area contributed by atoms with Crippen molar-refractivity contribution in [2.45, 2.75) is 71.1 Å². The van der Waals surface area contributed by atoms with Crippen LogP contribution in [0.15, 0.2) is 30.4 Å². The number of hydrogen-bond acceptors (Lipinski definition) is 1. The summed E-state index contributed by atoms with van der Waals surface area (Å²) in [5.41, 5.74) is 0.681. The third kappa shape index (κ3) is 5.72. The Morgan fingerprint density at radius 1 is 1.04 bits per heavy atom. The van der Waals surface area contributed by atoms with Gasteiger partial charge in [0.25, 0.3) is 0 Å². The fourth-order valence-electron chi connectivity index (χ4n) is 5.16. The molecule has 0 saturated heterocycles. The molecule has 0 radical (unpaired) electrons. The van der Waals surface area contributed by atoms with Gasteiger partial charge in [-0.15, -0.1) is 0 Å². The first-order valence-electron chi connectivity index (χ1n) is 11.1. The first kappa shape index (κ1) is 20.7. The van der Waals surface area contributed by atoms with Crippen LogP contribution in [0.4, 0.5) is 4.39 Å². The van der Waals surface area contributed by atoms with Gasteiger partial charge in [0.15, 0.2) is 0 Å². The first-order chi connectivity index (χ1) is 13.7. The molecule has 2 saturated carbocycles. The predicted octanol–water partition coefficient (Wildman–Crippen LogP) is 7.02. The highest BCUT2D eigenvalue weighted by molar-refractivity contribution is 5.42. The molecule has 0 bridgehead atoms. The van der Waals surface area contributed by atoms with Crippen LogP contribution in [0.2, 0.25) is 0 Å². The van der Waals surface area contributed by atoms with Crippen molar-refractivity contribution in [2.24, 2.45) is 23.7 Å². The van der Waals surface area contributed by atoms with Crippen LogP contribution in [0.5, 0.6) is 0 Å². The van der Waals surface area contributed by atoms with Gasteiger partial charge in [-0.05, 0) is 86.5 Å². The molecule has 3 rings (SSSR count). The van der Waals surface area contributed by atoms with Crippen molar-refractivity contribution in [3.63, 3.8) is 0 Å². The van der Waals surface area contributed by atoms with Crippen LogP contribution >= 0.6 is 0 Å². The average Bonchev–Trinajstić information content (AvgIpc) is 2.73. The Morgan fingerprint density at radius 2 is 1.71 bits per heavy atom. The van der Waals surface area contributed by atoms with Crippen molar-refractivity contribution in [3.8, 4) is 17.9 Å². The van der Waals surface area contributed by atoms with Crippen molar-refractivity contribution in [3.05, 3.63) is 47.3 Å². The first-order valence-corrected chi connectivity index (χ1v) is 11.1. The Labute approximate surface area is 170 Å². The van der Waals surface area contributed by atoms with Crippen LogP contribution in [-0.2, 0) is 0 Å². The lowest BCUT2D eigenvalue weighted by Gasteiger charge is -2.37. The Morgan fingerprint density at radius 3 is 2.32 bits per heavy atom. The van der Waals surface area contributed by atoms with E-state index >= 15 is 0 Å². The quantitative estimate of drug-likeness (QED) is 0.517. The molecule has 0 amide bonds. The van der Waals surface area contributed by atoms with E-state index in [1.54, 1.807) is 6.07 Å². The van der Waals surface area contributed by atoms with Gasteiger partial charge in [0.2, 0.25) is 0 Å². The summed E-state index contributed by atoms with van der Waals surface area (Å²) in [4.78, 5) is 0. The maximum atomic E-state index is 13.6. The molecule has 1 aromatic rings. The summed E-state index contributed by atoms with van der Waals surface area (Å²) in [5.74, 6) is 9.05. The monoisotopic (exact) mass is 377 g/mol. The van der Waals surface area contributed by atoms with Crippen molar-refractivity contribution < 1.29 is 4.39 Å². The molecule has 2 aliphatic rings. The number of benzene rings is 1. The van der Waals surface area contributed by atoms with Gasteiger partial charge in [-0.3, -0.25) is 0 Å². The SMILES string of the molecule is CCCC1CCC(C2CCC(/C=C/C#Cc3ccc(C#N)c(F)c3)CC2)CC1. The molecule has 0 heterocycles. The molecule has 0 spiro atoms. The topological polar surface area (TPSA) is 23.8 Å². The van der Waals surface area contributed by atoms with E-state index in [1.807, 2.05) is 12.1 Å². The fourth-order valence-corrected chi connectivity index (χ4v) is 5.16. The van der Waals surface area contributed by atoms with E-state index in [0.29, 0.717) is 11.5 Å². The zero-order valence-corrected chi connectivity index (χ0v) is 17.1. The van der Waals surface area contributed by atoms with E-state index in [2.05, 4.69) is 24.8 Å². The predicted molar refractivity (Wildman–Crippen MR) is 113 cm³/mol. The smallest absolute Gasteiger partial charge is 0.142 e. The molecule has 2 heteroatoms. The third-order valence-electron chi connectivity index (χ3n) is 6.83. The largest absolute Gasteiger partial charge is 0.206 e. The maximum Gasteiger partial charge on any atom is 0.142 e. The molecule has 2 aliphatic carbocycles. The Kier molecular flexibility index (Phi) is 7.73. The van der Waals surface area contributed by atoms with Gasteiger partial charge >= 0.3 is 0 Å². The fraction of sp³-hybridized carbons (Fsp3) is 0.577. The van der Waals surface area contributed by atoms with Gasteiger partial charge in [-0.25, -0.2) is 4.39 Å². The molecule has 0 aliphatic heterocycles. The molecular formula is C26H32FN. The van der Waals surface area contributed by atoms with Crippen molar-refractivity contribution in [1.29, 1.82) is 5.26 Å². The third-order valence-corrected chi connectivity index (χ3v) is 6.83. The van der Waals surface area contributed by atoms with Crippen LogP contribution in [-0.4, -0.2) is 0 Å². The number of halogens is 1. The zero-order chi connectivity index (χ0) is 19.8. The highest BCUT2D eigenvalue weighted by Crippen LogP contribution is 2.42. The summed E-state index contributed by atoms with van der Waals surface area (Å²) in [6.07, 6.45) is 18.1. The molecule has 0 N–H and O–H groups in total. The minimum atomic E-state index is -0.500. The normalized spacial score (nSPS) is 27.8. The van der Waals surface area contributed by atoms with Gasteiger partial charge < -0.3 is 0 Å². The van der Waals surface area contributed by atoms with Crippen LogP contribution in [0.1, 0.15) is 82.3 Å². The highest BCUT2D eigenvalue weighted by atomic mass is 19.1. The minimum Gasteiger partial charge on any atom is -0.206 e. The van der Waals surface area contributed by atoms with Crippen LogP contribution in [0, 0.1) is 52.7 Å². The van der Waals surface area contributed by atoms with E-state index in [4.69, 9.17) is 5.26 Å². The Balaban J connectivity index is 1.42. The van der Waals surface area contributed by atoms with E-state index in [9.17, 15) is 4.39 Å². The lowest BCUT2D eigenvalue weighted by Crippen LogP contribution is -2.25.